The zero-order valence-electron chi connectivity index (χ0n) is 12.9. The Hall–Kier alpha value is -0.860. The van der Waals surface area contributed by atoms with Gasteiger partial charge in [-0.3, -0.25) is 4.90 Å². The van der Waals surface area contributed by atoms with Crippen molar-refractivity contribution in [3.63, 3.8) is 0 Å². The summed E-state index contributed by atoms with van der Waals surface area (Å²) in [6.07, 6.45) is 6.65. The summed E-state index contributed by atoms with van der Waals surface area (Å²) in [6.45, 7) is 7.14. The van der Waals surface area contributed by atoms with Crippen LogP contribution in [0, 0.1) is 0 Å². The van der Waals surface area contributed by atoms with Gasteiger partial charge in [-0.05, 0) is 58.2 Å². The van der Waals surface area contributed by atoms with E-state index in [9.17, 15) is 0 Å². The minimum atomic E-state index is 0.293. The molecule has 110 valence electrons. The largest absolute Gasteiger partial charge is 0.312 e. The Kier molecular flexibility index (Phi) is 4.13. The van der Waals surface area contributed by atoms with Crippen LogP contribution in [0.25, 0.3) is 0 Å². The molecule has 20 heavy (non-hydrogen) atoms. The molecule has 2 heteroatoms. The molecule has 2 aliphatic heterocycles. The van der Waals surface area contributed by atoms with Gasteiger partial charge in [0, 0.05) is 17.6 Å². The number of nitrogens with zero attached hydrogens (tertiary/aromatic N) is 1. The number of piperidine rings is 2. The lowest BCUT2D eigenvalue weighted by atomic mass is 9.85. The standard InChI is InChI=1S/C18H28N2/c1-18(2)14-16(11-12-19-18)20-13-7-6-10-17(20)15-8-4-3-5-9-15/h3-5,8-9,16-17,19H,6-7,10-14H2,1-2H3. The summed E-state index contributed by atoms with van der Waals surface area (Å²) < 4.78 is 0. The Morgan fingerprint density at radius 3 is 2.65 bits per heavy atom. The fourth-order valence-electron chi connectivity index (χ4n) is 4.05. The molecule has 3 rings (SSSR count). The topological polar surface area (TPSA) is 15.3 Å². The molecule has 2 nitrogen and oxygen atoms in total. The van der Waals surface area contributed by atoms with Gasteiger partial charge in [0.1, 0.15) is 0 Å². The monoisotopic (exact) mass is 272 g/mol. The summed E-state index contributed by atoms with van der Waals surface area (Å²) in [5, 5.41) is 3.66. The van der Waals surface area contributed by atoms with Crippen molar-refractivity contribution in [3.8, 4) is 0 Å². The van der Waals surface area contributed by atoms with E-state index in [0.717, 1.165) is 12.6 Å². The number of likely N-dealkylation sites (tertiary alicyclic amines) is 1. The van der Waals surface area contributed by atoms with Crippen LogP contribution in [0.4, 0.5) is 0 Å². The second-order valence-electron chi connectivity index (χ2n) is 7.12. The van der Waals surface area contributed by atoms with Gasteiger partial charge >= 0.3 is 0 Å². The van der Waals surface area contributed by atoms with Crippen molar-refractivity contribution in [1.29, 1.82) is 0 Å². The van der Waals surface area contributed by atoms with Crippen molar-refractivity contribution in [1.82, 2.24) is 10.2 Å². The minimum Gasteiger partial charge on any atom is -0.312 e. The second-order valence-corrected chi connectivity index (χ2v) is 7.12. The molecule has 2 aliphatic rings. The maximum atomic E-state index is 3.66. The van der Waals surface area contributed by atoms with Crippen molar-refractivity contribution in [2.24, 2.45) is 0 Å². The van der Waals surface area contributed by atoms with E-state index >= 15 is 0 Å². The SMILES string of the molecule is CC1(C)CC(N2CCCCC2c2ccccc2)CCN1. The van der Waals surface area contributed by atoms with Crippen LogP contribution >= 0.6 is 0 Å². The van der Waals surface area contributed by atoms with Gasteiger partial charge in [0.2, 0.25) is 0 Å². The molecule has 2 atom stereocenters. The summed E-state index contributed by atoms with van der Waals surface area (Å²) in [4.78, 5) is 2.81. The van der Waals surface area contributed by atoms with Crippen molar-refractivity contribution in [2.75, 3.05) is 13.1 Å². The number of hydrogen-bond donors (Lipinski definition) is 1. The van der Waals surface area contributed by atoms with Crippen molar-refractivity contribution in [2.45, 2.75) is 63.6 Å². The Balaban J connectivity index is 1.79. The molecule has 2 heterocycles. The maximum absolute atomic E-state index is 3.66. The molecule has 0 aromatic heterocycles. The van der Waals surface area contributed by atoms with Crippen LogP contribution in [0.15, 0.2) is 30.3 Å². The Morgan fingerprint density at radius 2 is 1.90 bits per heavy atom. The summed E-state index contributed by atoms with van der Waals surface area (Å²) in [5.74, 6) is 0. The fourth-order valence-corrected chi connectivity index (χ4v) is 4.05. The first kappa shape index (κ1) is 14.1. The van der Waals surface area contributed by atoms with E-state index in [0.29, 0.717) is 11.6 Å². The normalized spacial score (nSPS) is 31.1. The van der Waals surface area contributed by atoms with E-state index in [1.165, 1.54) is 44.2 Å². The van der Waals surface area contributed by atoms with Gasteiger partial charge in [-0.2, -0.15) is 0 Å². The van der Waals surface area contributed by atoms with E-state index in [4.69, 9.17) is 0 Å². The molecule has 0 bridgehead atoms. The third kappa shape index (κ3) is 3.07. The maximum Gasteiger partial charge on any atom is 0.0351 e. The van der Waals surface area contributed by atoms with Gasteiger partial charge < -0.3 is 5.32 Å². The molecule has 0 aliphatic carbocycles. The van der Waals surface area contributed by atoms with E-state index in [2.05, 4.69) is 54.4 Å². The summed E-state index contributed by atoms with van der Waals surface area (Å²) in [7, 11) is 0. The van der Waals surface area contributed by atoms with Crippen LogP contribution in [-0.2, 0) is 0 Å². The average Bonchev–Trinajstić information content (AvgIpc) is 2.47. The third-order valence-corrected chi connectivity index (χ3v) is 5.02. The van der Waals surface area contributed by atoms with Crippen LogP contribution in [0.5, 0.6) is 0 Å². The Labute approximate surface area is 123 Å². The molecule has 0 saturated carbocycles. The van der Waals surface area contributed by atoms with Gasteiger partial charge in [-0.1, -0.05) is 36.8 Å². The van der Waals surface area contributed by atoms with Gasteiger partial charge in [0.05, 0.1) is 0 Å². The summed E-state index contributed by atoms with van der Waals surface area (Å²) >= 11 is 0. The first-order chi connectivity index (χ1) is 9.66. The lowest BCUT2D eigenvalue weighted by molar-refractivity contribution is 0.0528. The van der Waals surface area contributed by atoms with Crippen LogP contribution in [0.2, 0.25) is 0 Å². The number of nitrogens with one attached hydrogen (secondary N) is 1. The lowest BCUT2D eigenvalue weighted by Gasteiger charge is -2.47. The van der Waals surface area contributed by atoms with Crippen molar-refractivity contribution < 1.29 is 0 Å². The van der Waals surface area contributed by atoms with Crippen LogP contribution < -0.4 is 5.32 Å². The van der Waals surface area contributed by atoms with E-state index in [1.807, 2.05) is 0 Å². The molecule has 0 amide bonds. The number of rotatable bonds is 2. The van der Waals surface area contributed by atoms with Crippen LogP contribution in [0.1, 0.15) is 57.6 Å². The van der Waals surface area contributed by atoms with Gasteiger partial charge in [-0.25, -0.2) is 0 Å². The first-order valence-electron chi connectivity index (χ1n) is 8.21. The highest BCUT2D eigenvalue weighted by Crippen LogP contribution is 2.36. The van der Waals surface area contributed by atoms with Gasteiger partial charge in [-0.15, -0.1) is 0 Å². The second kappa shape index (κ2) is 5.87. The average molecular weight is 272 g/mol. The van der Waals surface area contributed by atoms with Gasteiger partial charge in [0.15, 0.2) is 0 Å². The molecule has 1 aromatic carbocycles. The minimum absolute atomic E-state index is 0.293. The molecule has 1 N–H and O–H groups in total. The Morgan fingerprint density at radius 1 is 1.10 bits per heavy atom. The van der Waals surface area contributed by atoms with Crippen molar-refractivity contribution >= 4 is 0 Å². The molecule has 2 saturated heterocycles. The molecule has 0 radical (unpaired) electrons. The molecular formula is C18H28N2. The van der Waals surface area contributed by atoms with E-state index in [-0.39, 0.29) is 0 Å². The molecule has 2 fully saturated rings. The predicted octanol–water partition coefficient (Wildman–Crippen LogP) is 3.74. The molecule has 1 aromatic rings. The highest BCUT2D eigenvalue weighted by Gasteiger charge is 2.35. The third-order valence-electron chi connectivity index (χ3n) is 5.02. The predicted molar refractivity (Wildman–Crippen MR) is 84.8 cm³/mol. The highest BCUT2D eigenvalue weighted by atomic mass is 15.2. The first-order valence-corrected chi connectivity index (χ1v) is 8.21. The molecule has 2 unspecified atom stereocenters. The quantitative estimate of drug-likeness (QED) is 0.882. The summed E-state index contributed by atoms with van der Waals surface area (Å²) in [6, 6.07) is 12.5. The fraction of sp³-hybridized carbons (Fsp3) is 0.667. The zero-order chi connectivity index (χ0) is 14.0. The zero-order valence-corrected chi connectivity index (χ0v) is 12.9. The smallest absolute Gasteiger partial charge is 0.0351 e. The van der Waals surface area contributed by atoms with Crippen LogP contribution in [-0.4, -0.2) is 29.6 Å². The van der Waals surface area contributed by atoms with Gasteiger partial charge in [0.25, 0.3) is 0 Å². The molecule has 0 spiro atoms. The summed E-state index contributed by atoms with van der Waals surface area (Å²) in [5.41, 5.74) is 1.81. The lowest BCUT2D eigenvalue weighted by Crippen LogP contribution is -2.54. The van der Waals surface area contributed by atoms with E-state index < -0.39 is 0 Å². The highest BCUT2D eigenvalue weighted by molar-refractivity contribution is 5.20. The Bertz CT molecular complexity index is 426. The molecular weight excluding hydrogens is 244 g/mol. The van der Waals surface area contributed by atoms with E-state index in [1.54, 1.807) is 0 Å². The van der Waals surface area contributed by atoms with Crippen molar-refractivity contribution in [3.05, 3.63) is 35.9 Å². The number of hydrogen-bond acceptors (Lipinski definition) is 2. The number of benzene rings is 1. The van der Waals surface area contributed by atoms with Crippen LogP contribution in [0.3, 0.4) is 0 Å².